The third-order valence-corrected chi connectivity index (χ3v) is 2.46. The number of nitrogens with one attached hydrogen (secondary N) is 1. The molecule has 0 atom stereocenters. The van der Waals surface area contributed by atoms with E-state index in [9.17, 15) is 0 Å². The highest BCUT2D eigenvalue weighted by atomic mass is 15.3. The van der Waals surface area contributed by atoms with Gasteiger partial charge in [0.1, 0.15) is 12.2 Å². The molecule has 17 heavy (non-hydrogen) atoms. The highest BCUT2D eigenvalue weighted by Crippen LogP contribution is 2.09. The van der Waals surface area contributed by atoms with E-state index in [1.54, 1.807) is 18.5 Å². The van der Waals surface area contributed by atoms with Crippen molar-refractivity contribution >= 4 is 5.69 Å². The molecule has 0 saturated heterocycles. The minimum atomic E-state index is 0.625. The van der Waals surface area contributed by atoms with Crippen molar-refractivity contribution in [2.75, 3.05) is 5.32 Å². The van der Waals surface area contributed by atoms with Gasteiger partial charge in [-0.25, -0.2) is 9.67 Å². The van der Waals surface area contributed by atoms with E-state index in [0.717, 1.165) is 18.1 Å². The van der Waals surface area contributed by atoms with Gasteiger partial charge in [0.15, 0.2) is 0 Å². The first kappa shape index (κ1) is 11.1. The second kappa shape index (κ2) is 5.12. The molecule has 0 aliphatic carbocycles. The van der Waals surface area contributed by atoms with Gasteiger partial charge in [0.2, 0.25) is 0 Å². The number of benzene rings is 1. The summed E-state index contributed by atoms with van der Waals surface area (Å²) in [6, 6.07) is 9.42. The molecule has 2 rings (SSSR count). The Kier molecular flexibility index (Phi) is 3.36. The lowest BCUT2D eigenvalue weighted by atomic mass is 10.2. The van der Waals surface area contributed by atoms with E-state index >= 15 is 0 Å². The number of aryl methyl sites for hydroxylation is 1. The molecular weight excluding hydrogens is 214 g/mol. The van der Waals surface area contributed by atoms with Crippen LogP contribution < -0.4 is 5.32 Å². The van der Waals surface area contributed by atoms with E-state index in [-0.39, 0.29) is 0 Å². The predicted molar refractivity (Wildman–Crippen MR) is 64.2 cm³/mol. The van der Waals surface area contributed by atoms with Gasteiger partial charge in [0.25, 0.3) is 0 Å². The standard InChI is InChI=1S/C12H13N5/c1-2-17-12(15-9-16-17)8-14-11-5-3-10(7-13)4-6-11/h3-6,9,14H,2,8H2,1H3. The summed E-state index contributed by atoms with van der Waals surface area (Å²) in [5.74, 6) is 0.900. The Balaban J connectivity index is 2.00. The van der Waals surface area contributed by atoms with Crippen molar-refractivity contribution in [3.05, 3.63) is 42.0 Å². The topological polar surface area (TPSA) is 66.5 Å². The summed E-state index contributed by atoms with van der Waals surface area (Å²) in [5.41, 5.74) is 1.63. The minimum absolute atomic E-state index is 0.625. The van der Waals surface area contributed by atoms with E-state index in [1.165, 1.54) is 0 Å². The summed E-state index contributed by atoms with van der Waals surface area (Å²) in [6.07, 6.45) is 1.55. The average Bonchev–Trinajstić information content (AvgIpc) is 2.84. The second-order valence-corrected chi connectivity index (χ2v) is 3.53. The highest BCUT2D eigenvalue weighted by Gasteiger charge is 2.01. The summed E-state index contributed by atoms with van der Waals surface area (Å²) in [6.45, 7) is 3.46. The molecule has 1 heterocycles. The lowest BCUT2D eigenvalue weighted by molar-refractivity contribution is 0.622. The molecule has 2 aromatic rings. The lowest BCUT2D eigenvalue weighted by Crippen LogP contribution is -2.08. The van der Waals surface area contributed by atoms with Crippen molar-refractivity contribution in [2.24, 2.45) is 0 Å². The van der Waals surface area contributed by atoms with Gasteiger partial charge in [-0.05, 0) is 31.2 Å². The average molecular weight is 227 g/mol. The van der Waals surface area contributed by atoms with Crippen LogP contribution in [0.25, 0.3) is 0 Å². The molecule has 0 fully saturated rings. The van der Waals surface area contributed by atoms with Crippen molar-refractivity contribution in [3.63, 3.8) is 0 Å². The van der Waals surface area contributed by atoms with E-state index in [4.69, 9.17) is 5.26 Å². The molecular formula is C12H13N5. The molecule has 0 saturated carbocycles. The molecule has 5 heteroatoms. The molecule has 1 aromatic heterocycles. The van der Waals surface area contributed by atoms with E-state index in [1.807, 2.05) is 23.7 Å². The molecule has 1 aromatic carbocycles. The van der Waals surface area contributed by atoms with Crippen molar-refractivity contribution in [1.82, 2.24) is 14.8 Å². The third-order valence-electron chi connectivity index (χ3n) is 2.46. The molecule has 0 radical (unpaired) electrons. The summed E-state index contributed by atoms with van der Waals surface area (Å²) in [5, 5.41) is 16.0. The fourth-order valence-corrected chi connectivity index (χ4v) is 1.53. The Morgan fingerprint density at radius 3 is 2.76 bits per heavy atom. The van der Waals surface area contributed by atoms with Gasteiger partial charge < -0.3 is 5.32 Å². The predicted octanol–water partition coefficient (Wildman–Crippen LogP) is 1.78. The molecule has 5 nitrogen and oxygen atoms in total. The Morgan fingerprint density at radius 1 is 1.35 bits per heavy atom. The zero-order valence-electron chi connectivity index (χ0n) is 9.59. The number of rotatable bonds is 4. The van der Waals surface area contributed by atoms with Crippen LogP contribution in [-0.2, 0) is 13.1 Å². The summed E-state index contributed by atoms with van der Waals surface area (Å²) in [7, 11) is 0. The van der Waals surface area contributed by atoms with Crippen molar-refractivity contribution in [1.29, 1.82) is 5.26 Å². The van der Waals surface area contributed by atoms with Crippen LogP contribution in [0.3, 0.4) is 0 Å². The molecule has 0 aliphatic rings. The van der Waals surface area contributed by atoms with Gasteiger partial charge in [-0.2, -0.15) is 10.4 Å². The number of hydrogen-bond acceptors (Lipinski definition) is 4. The number of hydrogen-bond donors (Lipinski definition) is 1. The van der Waals surface area contributed by atoms with Gasteiger partial charge in [0.05, 0.1) is 18.2 Å². The maximum absolute atomic E-state index is 8.68. The van der Waals surface area contributed by atoms with Gasteiger partial charge in [-0.15, -0.1) is 0 Å². The number of anilines is 1. The van der Waals surface area contributed by atoms with Crippen LogP contribution in [-0.4, -0.2) is 14.8 Å². The summed E-state index contributed by atoms with van der Waals surface area (Å²) in [4.78, 5) is 4.17. The molecule has 86 valence electrons. The quantitative estimate of drug-likeness (QED) is 0.864. The summed E-state index contributed by atoms with van der Waals surface area (Å²) >= 11 is 0. The first-order valence-electron chi connectivity index (χ1n) is 5.44. The minimum Gasteiger partial charge on any atom is -0.378 e. The van der Waals surface area contributed by atoms with E-state index in [2.05, 4.69) is 21.5 Å². The molecule has 0 amide bonds. The van der Waals surface area contributed by atoms with Gasteiger partial charge >= 0.3 is 0 Å². The maximum Gasteiger partial charge on any atom is 0.146 e. The van der Waals surface area contributed by atoms with Crippen molar-refractivity contribution in [3.8, 4) is 6.07 Å². The molecule has 0 bridgehead atoms. The van der Waals surface area contributed by atoms with Crippen molar-refractivity contribution < 1.29 is 0 Å². The largest absolute Gasteiger partial charge is 0.378 e. The van der Waals surface area contributed by atoms with Crippen LogP contribution in [0.5, 0.6) is 0 Å². The fourth-order valence-electron chi connectivity index (χ4n) is 1.53. The van der Waals surface area contributed by atoms with Crippen LogP contribution >= 0.6 is 0 Å². The zero-order chi connectivity index (χ0) is 12.1. The van der Waals surface area contributed by atoms with E-state index in [0.29, 0.717) is 12.1 Å². The Hall–Kier alpha value is -2.35. The third kappa shape index (κ3) is 2.61. The SMILES string of the molecule is CCn1ncnc1CNc1ccc(C#N)cc1. The maximum atomic E-state index is 8.68. The Labute approximate surface area is 99.7 Å². The first-order chi connectivity index (χ1) is 8.33. The lowest BCUT2D eigenvalue weighted by Gasteiger charge is -2.06. The number of aromatic nitrogens is 3. The smallest absolute Gasteiger partial charge is 0.146 e. The second-order valence-electron chi connectivity index (χ2n) is 3.53. The van der Waals surface area contributed by atoms with Crippen LogP contribution in [0.1, 0.15) is 18.3 Å². The van der Waals surface area contributed by atoms with Crippen LogP contribution in [0, 0.1) is 11.3 Å². The number of nitrogens with zero attached hydrogens (tertiary/aromatic N) is 4. The van der Waals surface area contributed by atoms with Crippen LogP contribution in [0.15, 0.2) is 30.6 Å². The normalized spacial score (nSPS) is 9.88. The van der Waals surface area contributed by atoms with Gasteiger partial charge in [-0.1, -0.05) is 0 Å². The Morgan fingerprint density at radius 2 is 2.12 bits per heavy atom. The molecule has 0 unspecified atom stereocenters. The van der Waals surface area contributed by atoms with E-state index < -0.39 is 0 Å². The van der Waals surface area contributed by atoms with Gasteiger partial charge in [0, 0.05) is 12.2 Å². The summed E-state index contributed by atoms with van der Waals surface area (Å²) < 4.78 is 1.84. The van der Waals surface area contributed by atoms with Crippen LogP contribution in [0.2, 0.25) is 0 Å². The number of nitriles is 1. The fraction of sp³-hybridized carbons (Fsp3) is 0.250. The molecule has 0 spiro atoms. The monoisotopic (exact) mass is 227 g/mol. The van der Waals surface area contributed by atoms with Crippen molar-refractivity contribution in [2.45, 2.75) is 20.0 Å². The molecule has 1 N–H and O–H groups in total. The van der Waals surface area contributed by atoms with Gasteiger partial charge in [-0.3, -0.25) is 0 Å². The Bertz CT molecular complexity index is 521. The van der Waals surface area contributed by atoms with Crippen LogP contribution in [0.4, 0.5) is 5.69 Å². The first-order valence-corrected chi connectivity index (χ1v) is 5.44. The molecule has 0 aliphatic heterocycles. The zero-order valence-corrected chi connectivity index (χ0v) is 9.59. The highest BCUT2D eigenvalue weighted by molar-refractivity contribution is 5.47.